The summed E-state index contributed by atoms with van der Waals surface area (Å²) in [5.41, 5.74) is 1.47. The van der Waals surface area contributed by atoms with E-state index in [1.807, 2.05) is 35.3 Å². The first-order valence-electron chi connectivity index (χ1n) is 7.00. The molecule has 0 radical (unpaired) electrons. The molecule has 3 rings (SSSR count). The quantitative estimate of drug-likeness (QED) is 0.932. The molecule has 0 bridgehead atoms. The monoisotopic (exact) mass is 276 g/mol. The molecule has 1 unspecified atom stereocenters. The van der Waals surface area contributed by atoms with Crippen molar-refractivity contribution >= 4 is 11.3 Å². The molecule has 1 atom stereocenters. The van der Waals surface area contributed by atoms with Gasteiger partial charge < -0.3 is 9.67 Å². The minimum Gasteiger partial charge on any atom is -0.388 e. The number of hydrogen-bond acceptors (Lipinski definition) is 3. The highest BCUT2D eigenvalue weighted by molar-refractivity contribution is 7.12. The highest BCUT2D eigenvalue weighted by atomic mass is 32.1. The van der Waals surface area contributed by atoms with Crippen LogP contribution in [0.1, 0.15) is 46.5 Å². The van der Waals surface area contributed by atoms with Crippen molar-refractivity contribution in [3.05, 3.63) is 39.6 Å². The van der Waals surface area contributed by atoms with Gasteiger partial charge in [0.1, 0.15) is 5.82 Å². The van der Waals surface area contributed by atoms with Crippen LogP contribution in [0.2, 0.25) is 0 Å². The molecule has 0 saturated carbocycles. The molecular weight excluding hydrogens is 256 g/mol. The lowest BCUT2D eigenvalue weighted by Crippen LogP contribution is -2.02. The minimum absolute atomic E-state index is 0.340. The van der Waals surface area contributed by atoms with E-state index in [9.17, 15) is 5.11 Å². The van der Waals surface area contributed by atoms with E-state index in [4.69, 9.17) is 0 Å². The summed E-state index contributed by atoms with van der Waals surface area (Å²) in [6.45, 7) is 0. The van der Waals surface area contributed by atoms with Crippen molar-refractivity contribution in [2.75, 3.05) is 0 Å². The number of fused-ring (bicyclic) bond motifs is 1. The first-order valence-corrected chi connectivity index (χ1v) is 7.81. The van der Waals surface area contributed by atoms with Crippen molar-refractivity contribution in [3.8, 4) is 0 Å². The third-order valence-electron chi connectivity index (χ3n) is 3.91. The molecule has 1 aliphatic carbocycles. The van der Waals surface area contributed by atoms with Gasteiger partial charge in [0.2, 0.25) is 0 Å². The van der Waals surface area contributed by atoms with E-state index in [0.29, 0.717) is 0 Å². The highest BCUT2D eigenvalue weighted by Gasteiger charge is 2.18. The largest absolute Gasteiger partial charge is 0.388 e. The van der Waals surface area contributed by atoms with Gasteiger partial charge in [0.05, 0.1) is 6.10 Å². The van der Waals surface area contributed by atoms with Gasteiger partial charge in [0.25, 0.3) is 0 Å². The molecule has 0 amide bonds. The Hall–Kier alpha value is -1.13. The van der Waals surface area contributed by atoms with Gasteiger partial charge >= 0.3 is 0 Å². The summed E-state index contributed by atoms with van der Waals surface area (Å²) < 4.78 is 2.02. The van der Waals surface area contributed by atoms with Gasteiger partial charge in [-0.15, -0.1) is 11.3 Å². The van der Waals surface area contributed by atoms with Crippen LogP contribution in [0, 0.1) is 0 Å². The SMILES string of the molecule is Cn1ccnc1CCC(O)c1cc2c(s1)CCCC2. The summed E-state index contributed by atoms with van der Waals surface area (Å²) in [6, 6.07) is 2.22. The third-order valence-corrected chi connectivity index (χ3v) is 5.24. The van der Waals surface area contributed by atoms with Crippen molar-refractivity contribution in [3.63, 3.8) is 0 Å². The van der Waals surface area contributed by atoms with Crippen LogP contribution >= 0.6 is 11.3 Å². The topological polar surface area (TPSA) is 38.0 Å². The Balaban J connectivity index is 1.65. The molecule has 2 aromatic rings. The predicted molar refractivity (Wildman–Crippen MR) is 77.4 cm³/mol. The maximum atomic E-state index is 10.3. The zero-order valence-corrected chi connectivity index (χ0v) is 12.1. The Morgan fingerprint density at radius 2 is 2.26 bits per heavy atom. The van der Waals surface area contributed by atoms with E-state index in [1.165, 1.54) is 36.1 Å². The summed E-state index contributed by atoms with van der Waals surface area (Å²) >= 11 is 1.81. The molecule has 2 aromatic heterocycles. The molecule has 0 aliphatic heterocycles. The van der Waals surface area contributed by atoms with Crippen LogP contribution in [0.3, 0.4) is 0 Å². The summed E-state index contributed by atoms with van der Waals surface area (Å²) in [7, 11) is 2.00. The number of aryl methyl sites for hydroxylation is 4. The Morgan fingerprint density at radius 1 is 1.42 bits per heavy atom. The molecule has 1 aliphatic rings. The third kappa shape index (κ3) is 2.74. The van der Waals surface area contributed by atoms with Crippen LogP contribution < -0.4 is 0 Å². The van der Waals surface area contributed by atoms with Crippen LogP contribution in [-0.2, 0) is 26.3 Å². The number of aliphatic hydroxyl groups excluding tert-OH is 1. The molecule has 102 valence electrons. The molecule has 2 heterocycles. The zero-order chi connectivity index (χ0) is 13.2. The lowest BCUT2D eigenvalue weighted by Gasteiger charge is -2.08. The van der Waals surface area contributed by atoms with Crippen molar-refractivity contribution < 1.29 is 5.11 Å². The Kier molecular flexibility index (Phi) is 3.71. The van der Waals surface area contributed by atoms with E-state index in [0.717, 1.165) is 23.5 Å². The van der Waals surface area contributed by atoms with Crippen LogP contribution in [0.5, 0.6) is 0 Å². The average molecular weight is 276 g/mol. The fourth-order valence-electron chi connectivity index (χ4n) is 2.72. The normalized spacial score (nSPS) is 16.3. The second kappa shape index (κ2) is 5.47. The second-order valence-electron chi connectivity index (χ2n) is 5.31. The van der Waals surface area contributed by atoms with Gasteiger partial charge in [-0.1, -0.05) is 0 Å². The van der Waals surface area contributed by atoms with Crippen LogP contribution in [0.4, 0.5) is 0 Å². The van der Waals surface area contributed by atoms with Gasteiger partial charge in [-0.3, -0.25) is 0 Å². The first kappa shape index (κ1) is 12.9. The second-order valence-corrected chi connectivity index (χ2v) is 6.48. The van der Waals surface area contributed by atoms with Crippen LogP contribution in [0.25, 0.3) is 0 Å². The Labute approximate surface area is 117 Å². The summed E-state index contributed by atoms with van der Waals surface area (Å²) in [5.74, 6) is 1.04. The van der Waals surface area contributed by atoms with Gasteiger partial charge in [-0.2, -0.15) is 0 Å². The van der Waals surface area contributed by atoms with Crippen molar-refractivity contribution in [2.24, 2.45) is 7.05 Å². The molecule has 0 fully saturated rings. The fraction of sp³-hybridized carbons (Fsp3) is 0.533. The smallest absolute Gasteiger partial charge is 0.108 e. The molecule has 0 spiro atoms. The Bertz CT molecular complexity index is 535. The number of hydrogen-bond donors (Lipinski definition) is 1. The van der Waals surface area contributed by atoms with Crippen molar-refractivity contribution in [2.45, 2.75) is 44.6 Å². The van der Waals surface area contributed by atoms with E-state index in [-0.39, 0.29) is 6.10 Å². The number of imidazole rings is 1. The fourth-order valence-corrected chi connectivity index (χ4v) is 4.00. The van der Waals surface area contributed by atoms with Crippen LogP contribution in [-0.4, -0.2) is 14.7 Å². The number of rotatable bonds is 4. The van der Waals surface area contributed by atoms with Gasteiger partial charge in [0, 0.05) is 35.6 Å². The Morgan fingerprint density at radius 3 is 3.00 bits per heavy atom. The standard InChI is InChI=1S/C15H20N2OS/c1-17-9-8-16-15(17)7-6-12(18)14-10-11-4-2-3-5-13(11)19-14/h8-10,12,18H,2-7H2,1H3. The van der Waals surface area contributed by atoms with Gasteiger partial charge in [0.15, 0.2) is 0 Å². The first-order chi connectivity index (χ1) is 9.24. The average Bonchev–Trinajstić information content (AvgIpc) is 3.01. The summed E-state index contributed by atoms with van der Waals surface area (Å²) in [6.07, 6.45) is 9.99. The number of aliphatic hydroxyl groups is 1. The summed E-state index contributed by atoms with van der Waals surface area (Å²) in [4.78, 5) is 6.94. The van der Waals surface area contributed by atoms with E-state index in [1.54, 1.807) is 0 Å². The molecule has 19 heavy (non-hydrogen) atoms. The molecule has 0 aromatic carbocycles. The minimum atomic E-state index is -0.340. The maximum absolute atomic E-state index is 10.3. The van der Waals surface area contributed by atoms with Crippen LogP contribution in [0.15, 0.2) is 18.5 Å². The number of nitrogens with zero attached hydrogens (tertiary/aromatic N) is 2. The molecule has 0 saturated heterocycles. The zero-order valence-electron chi connectivity index (χ0n) is 11.3. The van der Waals surface area contributed by atoms with Crippen molar-refractivity contribution in [1.82, 2.24) is 9.55 Å². The number of thiophene rings is 1. The highest BCUT2D eigenvalue weighted by Crippen LogP contribution is 2.34. The molecule has 4 heteroatoms. The lowest BCUT2D eigenvalue weighted by molar-refractivity contribution is 0.170. The molecule has 3 nitrogen and oxygen atoms in total. The van der Waals surface area contributed by atoms with E-state index >= 15 is 0 Å². The molecule has 1 N–H and O–H groups in total. The molecular formula is C15H20N2OS. The van der Waals surface area contributed by atoms with E-state index in [2.05, 4.69) is 11.1 Å². The van der Waals surface area contributed by atoms with Gasteiger partial charge in [-0.05, 0) is 43.7 Å². The van der Waals surface area contributed by atoms with E-state index < -0.39 is 0 Å². The lowest BCUT2D eigenvalue weighted by atomic mass is 9.98. The van der Waals surface area contributed by atoms with Crippen molar-refractivity contribution in [1.29, 1.82) is 0 Å². The summed E-state index contributed by atoms with van der Waals surface area (Å²) in [5, 5.41) is 10.3. The van der Waals surface area contributed by atoms with Gasteiger partial charge in [-0.25, -0.2) is 4.98 Å². The predicted octanol–water partition coefficient (Wildman–Crippen LogP) is 3.03. The number of aromatic nitrogens is 2. The maximum Gasteiger partial charge on any atom is 0.108 e.